The Balaban J connectivity index is 2.24. The van der Waals surface area contributed by atoms with Crippen molar-refractivity contribution in [2.24, 2.45) is 0 Å². The molecule has 1 aromatic carbocycles. The number of hydrogen-bond acceptors (Lipinski definition) is 3. The predicted octanol–water partition coefficient (Wildman–Crippen LogP) is 2.57. The maximum atomic E-state index is 11.9. The van der Waals surface area contributed by atoms with Gasteiger partial charge in [-0.3, -0.25) is 4.79 Å². The summed E-state index contributed by atoms with van der Waals surface area (Å²) in [7, 11) is 0. The number of hydrogen-bond donors (Lipinski definition) is 2. The van der Waals surface area contributed by atoms with Crippen molar-refractivity contribution in [2.75, 3.05) is 11.1 Å². The Morgan fingerprint density at radius 1 is 1.24 bits per heavy atom. The Kier molecular flexibility index (Phi) is 3.25. The molecule has 1 amide bonds. The minimum atomic E-state index is -0.330. The molecule has 0 spiro atoms. The summed E-state index contributed by atoms with van der Waals surface area (Å²) in [6, 6.07) is 10.2. The number of carbonyl (C=O) groups excluding carboxylic acids is 1. The zero-order chi connectivity index (χ0) is 12.3. The Hall–Kier alpha value is -2.07. The van der Waals surface area contributed by atoms with Crippen LogP contribution < -0.4 is 11.1 Å². The van der Waals surface area contributed by atoms with E-state index >= 15 is 0 Å². The van der Waals surface area contributed by atoms with Crippen LogP contribution in [0.25, 0.3) is 0 Å². The normalized spacial score (nSPS) is 9.94. The molecule has 0 aliphatic carbocycles. The fourth-order valence-corrected chi connectivity index (χ4v) is 1.53. The summed E-state index contributed by atoms with van der Waals surface area (Å²) in [6.45, 7) is 0. The standard InChI is InChI=1S/C12H10ClN3O/c13-9-5-3-4-8(11(9)14)12(17)16-10-6-1-2-7-15-10/h1-7H,14H2,(H,15,16,17). The van der Waals surface area contributed by atoms with Crippen molar-refractivity contribution in [3.63, 3.8) is 0 Å². The van der Waals surface area contributed by atoms with Crippen LogP contribution in [0.1, 0.15) is 10.4 Å². The third-order valence-corrected chi connectivity index (χ3v) is 2.53. The van der Waals surface area contributed by atoms with Crippen LogP contribution in [0.4, 0.5) is 11.5 Å². The first-order chi connectivity index (χ1) is 8.18. The second kappa shape index (κ2) is 4.84. The number of nitrogen functional groups attached to an aromatic ring is 1. The largest absolute Gasteiger partial charge is 0.397 e. The van der Waals surface area contributed by atoms with Crippen LogP contribution in [0.2, 0.25) is 5.02 Å². The van der Waals surface area contributed by atoms with Crippen LogP contribution in [0, 0.1) is 0 Å². The number of rotatable bonds is 2. The third kappa shape index (κ3) is 2.54. The monoisotopic (exact) mass is 247 g/mol. The molecule has 0 saturated carbocycles. The van der Waals surface area contributed by atoms with Gasteiger partial charge < -0.3 is 11.1 Å². The maximum absolute atomic E-state index is 11.9. The van der Waals surface area contributed by atoms with E-state index in [0.717, 1.165) is 0 Å². The molecule has 0 fully saturated rings. The van der Waals surface area contributed by atoms with Gasteiger partial charge in [0.05, 0.1) is 16.3 Å². The number of nitrogens with one attached hydrogen (secondary N) is 1. The van der Waals surface area contributed by atoms with Gasteiger partial charge in [0.1, 0.15) is 5.82 Å². The van der Waals surface area contributed by atoms with Crippen LogP contribution in [0.3, 0.4) is 0 Å². The first kappa shape index (κ1) is 11.4. The van der Waals surface area contributed by atoms with Gasteiger partial charge in [-0.1, -0.05) is 23.7 Å². The predicted molar refractivity (Wildman–Crippen MR) is 68.1 cm³/mol. The van der Waals surface area contributed by atoms with Crippen molar-refractivity contribution >= 4 is 29.0 Å². The van der Waals surface area contributed by atoms with E-state index in [0.29, 0.717) is 16.4 Å². The highest BCUT2D eigenvalue weighted by Gasteiger charge is 2.11. The SMILES string of the molecule is Nc1c(Cl)cccc1C(=O)Nc1ccccn1. The lowest BCUT2D eigenvalue weighted by molar-refractivity contribution is 0.102. The van der Waals surface area contributed by atoms with Gasteiger partial charge in [0, 0.05) is 6.20 Å². The second-order valence-corrected chi connectivity index (χ2v) is 3.78. The summed E-state index contributed by atoms with van der Waals surface area (Å²) in [6.07, 6.45) is 1.59. The smallest absolute Gasteiger partial charge is 0.258 e. The van der Waals surface area contributed by atoms with Gasteiger partial charge in [0.15, 0.2) is 0 Å². The number of amides is 1. The van der Waals surface area contributed by atoms with Gasteiger partial charge >= 0.3 is 0 Å². The average molecular weight is 248 g/mol. The van der Waals surface area contributed by atoms with E-state index < -0.39 is 0 Å². The van der Waals surface area contributed by atoms with E-state index in [1.165, 1.54) is 0 Å². The molecule has 1 aromatic heterocycles. The van der Waals surface area contributed by atoms with Crippen LogP contribution in [0.5, 0.6) is 0 Å². The van der Waals surface area contributed by atoms with Crippen LogP contribution >= 0.6 is 11.6 Å². The Morgan fingerprint density at radius 2 is 2.06 bits per heavy atom. The van der Waals surface area contributed by atoms with E-state index in [2.05, 4.69) is 10.3 Å². The highest BCUT2D eigenvalue weighted by molar-refractivity contribution is 6.34. The zero-order valence-corrected chi connectivity index (χ0v) is 9.61. The fraction of sp³-hybridized carbons (Fsp3) is 0. The molecule has 2 aromatic rings. The zero-order valence-electron chi connectivity index (χ0n) is 8.85. The molecular formula is C12H10ClN3O. The van der Waals surface area contributed by atoms with Gasteiger partial charge in [0.2, 0.25) is 0 Å². The number of carbonyl (C=O) groups is 1. The molecule has 5 heteroatoms. The number of nitrogens with two attached hydrogens (primary N) is 1. The summed E-state index contributed by atoms with van der Waals surface area (Å²) < 4.78 is 0. The van der Waals surface area contributed by atoms with E-state index in [1.807, 2.05) is 0 Å². The summed E-state index contributed by atoms with van der Waals surface area (Å²) in [5.74, 6) is 0.139. The van der Waals surface area contributed by atoms with Gasteiger partial charge in [-0.2, -0.15) is 0 Å². The Bertz CT molecular complexity index is 543. The van der Waals surface area contributed by atoms with E-state index in [-0.39, 0.29) is 11.6 Å². The molecular weight excluding hydrogens is 238 g/mol. The Morgan fingerprint density at radius 3 is 2.76 bits per heavy atom. The van der Waals surface area contributed by atoms with Gasteiger partial charge in [-0.25, -0.2) is 4.98 Å². The highest BCUT2D eigenvalue weighted by Crippen LogP contribution is 2.22. The molecule has 0 unspecified atom stereocenters. The first-order valence-corrected chi connectivity index (χ1v) is 5.32. The molecule has 0 aliphatic heterocycles. The Labute approximate surface area is 103 Å². The summed E-state index contributed by atoms with van der Waals surface area (Å²) in [5.41, 5.74) is 6.33. The molecule has 2 rings (SSSR count). The lowest BCUT2D eigenvalue weighted by Gasteiger charge is -2.07. The van der Waals surface area contributed by atoms with Crippen LogP contribution in [0.15, 0.2) is 42.6 Å². The van der Waals surface area contributed by atoms with Crippen molar-refractivity contribution in [1.29, 1.82) is 0 Å². The molecule has 4 nitrogen and oxygen atoms in total. The van der Waals surface area contributed by atoms with E-state index in [4.69, 9.17) is 17.3 Å². The molecule has 3 N–H and O–H groups in total. The number of benzene rings is 1. The molecule has 0 radical (unpaired) electrons. The number of halogens is 1. The fourth-order valence-electron chi connectivity index (χ4n) is 1.36. The molecule has 1 heterocycles. The maximum Gasteiger partial charge on any atom is 0.258 e. The number of pyridine rings is 1. The minimum absolute atomic E-state index is 0.266. The van der Waals surface area contributed by atoms with Crippen molar-refractivity contribution in [1.82, 2.24) is 4.98 Å². The molecule has 86 valence electrons. The summed E-state index contributed by atoms with van der Waals surface area (Å²) in [4.78, 5) is 15.9. The van der Waals surface area contributed by atoms with Gasteiger partial charge in [-0.15, -0.1) is 0 Å². The van der Waals surface area contributed by atoms with Crippen molar-refractivity contribution < 1.29 is 4.79 Å². The average Bonchev–Trinajstić information content (AvgIpc) is 2.34. The molecule has 0 saturated heterocycles. The number of para-hydroxylation sites is 1. The second-order valence-electron chi connectivity index (χ2n) is 3.37. The van der Waals surface area contributed by atoms with Crippen LogP contribution in [-0.4, -0.2) is 10.9 Å². The van der Waals surface area contributed by atoms with Gasteiger partial charge in [-0.05, 0) is 24.3 Å². The van der Waals surface area contributed by atoms with E-state index in [9.17, 15) is 4.79 Å². The highest BCUT2D eigenvalue weighted by atomic mass is 35.5. The summed E-state index contributed by atoms with van der Waals surface area (Å²) in [5, 5.41) is 3.00. The summed E-state index contributed by atoms with van der Waals surface area (Å²) >= 11 is 5.84. The van der Waals surface area contributed by atoms with Gasteiger partial charge in [0.25, 0.3) is 5.91 Å². The van der Waals surface area contributed by atoms with Crippen molar-refractivity contribution in [2.45, 2.75) is 0 Å². The minimum Gasteiger partial charge on any atom is -0.397 e. The lowest BCUT2D eigenvalue weighted by atomic mass is 10.1. The lowest BCUT2D eigenvalue weighted by Crippen LogP contribution is -2.14. The van der Waals surface area contributed by atoms with Crippen molar-refractivity contribution in [3.05, 3.63) is 53.2 Å². The number of nitrogens with zero attached hydrogens (tertiary/aromatic N) is 1. The quantitative estimate of drug-likeness (QED) is 0.802. The number of anilines is 2. The molecule has 0 bridgehead atoms. The van der Waals surface area contributed by atoms with Crippen LogP contribution in [-0.2, 0) is 0 Å². The molecule has 0 atom stereocenters. The third-order valence-electron chi connectivity index (χ3n) is 2.20. The number of aromatic nitrogens is 1. The van der Waals surface area contributed by atoms with E-state index in [1.54, 1.807) is 42.6 Å². The first-order valence-electron chi connectivity index (χ1n) is 4.95. The topological polar surface area (TPSA) is 68.0 Å². The molecule has 0 aliphatic rings. The van der Waals surface area contributed by atoms with Crippen molar-refractivity contribution in [3.8, 4) is 0 Å². The molecule has 17 heavy (non-hydrogen) atoms.